The highest BCUT2D eigenvalue weighted by Crippen LogP contribution is 2.34. The van der Waals surface area contributed by atoms with Crippen molar-refractivity contribution in [2.45, 2.75) is 44.9 Å². The van der Waals surface area contributed by atoms with Crippen LogP contribution in [0.2, 0.25) is 0 Å². The summed E-state index contributed by atoms with van der Waals surface area (Å²) in [5.74, 6) is 1.45. The minimum absolute atomic E-state index is 0.181. The monoisotopic (exact) mass is 302 g/mol. The van der Waals surface area contributed by atoms with Crippen LogP contribution < -0.4 is 4.74 Å². The molecule has 1 aromatic rings. The molecule has 0 spiro atoms. The van der Waals surface area contributed by atoms with Gasteiger partial charge in [-0.25, -0.2) is 8.42 Å². The molecule has 0 aliphatic heterocycles. The van der Waals surface area contributed by atoms with Gasteiger partial charge in [-0.2, -0.15) is 0 Å². The first kappa shape index (κ1) is 14.7. The molecule has 0 aromatic heterocycles. The number of benzene rings is 1. The predicted molar refractivity (Wildman–Crippen MR) is 76.5 cm³/mol. The van der Waals surface area contributed by atoms with Crippen molar-refractivity contribution < 1.29 is 13.2 Å². The van der Waals surface area contributed by atoms with E-state index in [0.717, 1.165) is 16.9 Å². The highest BCUT2D eigenvalue weighted by Gasteiger charge is 2.22. The number of aryl methyl sites for hydroxylation is 1. The maximum Gasteiger partial charge on any atom is 0.261 e. The van der Waals surface area contributed by atoms with E-state index in [1.807, 2.05) is 13.8 Å². The number of rotatable bonds is 4. The Morgan fingerprint density at radius 3 is 2.37 bits per heavy atom. The fourth-order valence-electron chi connectivity index (χ4n) is 2.36. The maximum absolute atomic E-state index is 11.5. The minimum atomic E-state index is -3.70. The summed E-state index contributed by atoms with van der Waals surface area (Å²) >= 11 is 0. The average molecular weight is 303 g/mol. The molecule has 0 amide bonds. The van der Waals surface area contributed by atoms with Gasteiger partial charge in [-0.3, -0.25) is 0 Å². The number of hydrogen-bond acceptors (Lipinski definition) is 3. The zero-order chi connectivity index (χ0) is 14.2. The number of halogens is 1. The van der Waals surface area contributed by atoms with Crippen LogP contribution >= 0.6 is 10.7 Å². The van der Waals surface area contributed by atoms with Gasteiger partial charge in [-0.15, -0.1) is 0 Å². The van der Waals surface area contributed by atoms with Crippen molar-refractivity contribution in [2.75, 3.05) is 6.61 Å². The lowest BCUT2D eigenvalue weighted by atomic mass is 9.86. The zero-order valence-corrected chi connectivity index (χ0v) is 13.1. The third-order valence-electron chi connectivity index (χ3n) is 3.93. The van der Waals surface area contributed by atoms with Crippen molar-refractivity contribution in [3.05, 3.63) is 22.8 Å². The normalized spacial score (nSPS) is 16.2. The van der Waals surface area contributed by atoms with E-state index in [1.165, 1.54) is 19.3 Å². The van der Waals surface area contributed by atoms with Gasteiger partial charge in [0, 0.05) is 10.7 Å². The molecule has 0 radical (unpaired) electrons. The second-order valence-corrected chi connectivity index (χ2v) is 7.85. The molecule has 1 saturated carbocycles. The molecule has 0 bridgehead atoms. The van der Waals surface area contributed by atoms with Gasteiger partial charge in [0.2, 0.25) is 0 Å². The van der Waals surface area contributed by atoms with E-state index >= 15 is 0 Å². The van der Waals surface area contributed by atoms with Gasteiger partial charge in [0.05, 0.1) is 11.5 Å². The van der Waals surface area contributed by atoms with Crippen LogP contribution in [0.5, 0.6) is 5.75 Å². The van der Waals surface area contributed by atoms with Gasteiger partial charge >= 0.3 is 0 Å². The van der Waals surface area contributed by atoms with Crippen molar-refractivity contribution in [3.8, 4) is 5.75 Å². The highest BCUT2D eigenvalue weighted by molar-refractivity contribution is 8.13. The van der Waals surface area contributed by atoms with Crippen molar-refractivity contribution in [1.82, 2.24) is 0 Å². The van der Waals surface area contributed by atoms with Gasteiger partial charge in [-0.05, 0) is 62.3 Å². The van der Waals surface area contributed by atoms with Crippen LogP contribution in [0.1, 0.15) is 36.0 Å². The standard InChI is InChI=1S/C14H19ClO3S/c1-9-7-13(19(15,16)17)10(2)11(3)14(9)18-8-12-5-4-6-12/h7,12H,4-6,8H2,1-3H3. The molecule has 1 aliphatic rings. The lowest BCUT2D eigenvalue weighted by molar-refractivity contribution is 0.179. The maximum atomic E-state index is 11.5. The molecule has 1 aromatic carbocycles. The fourth-order valence-corrected chi connectivity index (χ4v) is 3.67. The molecule has 0 heterocycles. The first-order valence-electron chi connectivity index (χ1n) is 6.49. The van der Waals surface area contributed by atoms with Crippen LogP contribution in [-0.2, 0) is 9.05 Å². The van der Waals surface area contributed by atoms with Crippen LogP contribution in [0.25, 0.3) is 0 Å². The molecule has 1 aliphatic carbocycles. The molecule has 19 heavy (non-hydrogen) atoms. The summed E-state index contributed by atoms with van der Waals surface area (Å²) in [5.41, 5.74) is 2.35. The predicted octanol–water partition coefficient (Wildman–Crippen LogP) is 3.72. The Morgan fingerprint density at radius 2 is 1.89 bits per heavy atom. The Hall–Kier alpha value is -0.740. The van der Waals surface area contributed by atoms with E-state index < -0.39 is 9.05 Å². The molecule has 0 saturated heterocycles. The second-order valence-electron chi connectivity index (χ2n) is 5.32. The summed E-state index contributed by atoms with van der Waals surface area (Å²) in [6.07, 6.45) is 3.74. The average Bonchev–Trinajstić information content (AvgIpc) is 2.24. The Bertz CT molecular complexity index is 589. The molecule has 5 heteroatoms. The van der Waals surface area contributed by atoms with Crippen LogP contribution in [0, 0.1) is 26.7 Å². The van der Waals surface area contributed by atoms with Crippen LogP contribution in [0.15, 0.2) is 11.0 Å². The van der Waals surface area contributed by atoms with E-state index in [1.54, 1.807) is 13.0 Å². The molecular weight excluding hydrogens is 284 g/mol. The Kier molecular flexibility index (Phi) is 4.11. The quantitative estimate of drug-likeness (QED) is 0.796. The first-order valence-corrected chi connectivity index (χ1v) is 8.80. The van der Waals surface area contributed by atoms with E-state index in [0.29, 0.717) is 18.1 Å². The van der Waals surface area contributed by atoms with Gasteiger partial charge in [-0.1, -0.05) is 6.42 Å². The van der Waals surface area contributed by atoms with Gasteiger partial charge in [0.15, 0.2) is 0 Å². The smallest absolute Gasteiger partial charge is 0.261 e. The molecule has 106 valence electrons. The van der Waals surface area contributed by atoms with Crippen LogP contribution in [-0.4, -0.2) is 15.0 Å². The summed E-state index contributed by atoms with van der Waals surface area (Å²) in [6.45, 7) is 6.21. The highest BCUT2D eigenvalue weighted by atomic mass is 35.7. The van der Waals surface area contributed by atoms with Gasteiger partial charge < -0.3 is 4.74 Å². The molecule has 0 N–H and O–H groups in total. The summed E-state index contributed by atoms with van der Waals surface area (Å²) in [7, 11) is 1.75. The van der Waals surface area contributed by atoms with Crippen molar-refractivity contribution in [2.24, 2.45) is 5.92 Å². The minimum Gasteiger partial charge on any atom is -0.493 e. The van der Waals surface area contributed by atoms with E-state index in [9.17, 15) is 8.42 Å². The summed E-state index contributed by atoms with van der Waals surface area (Å²) in [6, 6.07) is 1.60. The summed E-state index contributed by atoms with van der Waals surface area (Å²) < 4.78 is 28.9. The third-order valence-corrected chi connectivity index (χ3v) is 5.38. The molecule has 0 unspecified atom stereocenters. The second kappa shape index (κ2) is 5.33. The van der Waals surface area contributed by atoms with Gasteiger partial charge in [0.25, 0.3) is 9.05 Å². The third kappa shape index (κ3) is 3.06. The summed E-state index contributed by atoms with van der Waals surface area (Å²) in [4.78, 5) is 0.181. The Labute approximate surface area is 119 Å². The summed E-state index contributed by atoms with van der Waals surface area (Å²) in [5, 5.41) is 0. The van der Waals surface area contributed by atoms with E-state index in [-0.39, 0.29) is 4.90 Å². The van der Waals surface area contributed by atoms with E-state index in [2.05, 4.69) is 0 Å². The number of hydrogen-bond donors (Lipinski definition) is 0. The Morgan fingerprint density at radius 1 is 1.26 bits per heavy atom. The Balaban J connectivity index is 2.32. The van der Waals surface area contributed by atoms with Crippen LogP contribution in [0.4, 0.5) is 0 Å². The molecule has 2 rings (SSSR count). The molecule has 0 atom stereocenters. The van der Waals surface area contributed by atoms with Crippen molar-refractivity contribution in [1.29, 1.82) is 0 Å². The fraction of sp³-hybridized carbons (Fsp3) is 0.571. The van der Waals surface area contributed by atoms with Crippen molar-refractivity contribution in [3.63, 3.8) is 0 Å². The van der Waals surface area contributed by atoms with Gasteiger partial charge in [0.1, 0.15) is 5.75 Å². The van der Waals surface area contributed by atoms with E-state index in [4.69, 9.17) is 15.4 Å². The molecule has 1 fully saturated rings. The van der Waals surface area contributed by atoms with Crippen molar-refractivity contribution >= 4 is 19.7 Å². The number of ether oxygens (including phenoxy) is 1. The molecule has 3 nitrogen and oxygen atoms in total. The van der Waals surface area contributed by atoms with Crippen LogP contribution in [0.3, 0.4) is 0 Å². The SMILES string of the molecule is Cc1cc(S(=O)(=O)Cl)c(C)c(C)c1OCC1CCC1. The topological polar surface area (TPSA) is 43.4 Å². The lowest BCUT2D eigenvalue weighted by Gasteiger charge is -2.26. The largest absolute Gasteiger partial charge is 0.493 e. The zero-order valence-electron chi connectivity index (χ0n) is 11.5. The lowest BCUT2D eigenvalue weighted by Crippen LogP contribution is -2.20. The first-order chi connectivity index (χ1) is 8.80. The molecular formula is C14H19ClO3S.